The molecule has 0 saturated carbocycles. The SMILES string of the molecule is N#CCC(O)C(O)c1[nH]nc2nc[nH]c(=O)c12. The van der Waals surface area contributed by atoms with Crippen LogP contribution in [-0.2, 0) is 0 Å². The van der Waals surface area contributed by atoms with Gasteiger partial charge in [0, 0.05) is 0 Å². The number of H-pyrrole nitrogens is 2. The number of hydrogen-bond acceptors (Lipinski definition) is 6. The lowest BCUT2D eigenvalue weighted by Gasteiger charge is -2.13. The number of aromatic nitrogens is 4. The van der Waals surface area contributed by atoms with Crippen molar-refractivity contribution in [2.24, 2.45) is 0 Å². The topological polar surface area (TPSA) is 139 Å². The van der Waals surface area contributed by atoms with Crippen LogP contribution in [0.1, 0.15) is 18.2 Å². The molecule has 2 heterocycles. The molecule has 0 radical (unpaired) electrons. The molecule has 17 heavy (non-hydrogen) atoms. The highest BCUT2D eigenvalue weighted by Crippen LogP contribution is 2.21. The van der Waals surface area contributed by atoms with Gasteiger partial charge in [-0.3, -0.25) is 9.89 Å². The summed E-state index contributed by atoms with van der Waals surface area (Å²) < 4.78 is 0. The third kappa shape index (κ3) is 1.89. The van der Waals surface area contributed by atoms with E-state index >= 15 is 0 Å². The van der Waals surface area contributed by atoms with E-state index in [-0.39, 0.29) is 23.1 Å². The minimum Gasteiger partial charge on any atom is -0.389 e. The van der Waals surface area contributed by atoms with Crippen LogP contribution in [0.25, 0.3) is 11.0 Å². The second-order valence-electron chi connectivity index (χ2n) is 3.44. The van der Waals surface area contributed by atoms with Gasteiger partial charge in [0.2, 0.25) is 0 Å². The van der Waals surface area contributed by atoms with Crippen molar-refractivity contribution in [1.29, 1.82) is 5.26 Å². The summed E-state index contributed by atoms with van der Waals surface area (Å²) in [6.07, 6.45) is -1.74. The first-order valence-corrected chi connectivity index (χ1v) is 4.80. The molecule has 2 unspecified atom stereocenters. The monoisotopic (exact) mass is 235 g/mol. The second kappa shape index (κ2) is 4.32. The highest BCUT2D eigenvalue weighted by atomic mass is 16.3. The molecule has 2 aromatic rings. The van der Waals surface area contributed by atoms with Crippen molar-refractivity contribution in [1.82, 2.24) is 20.2 Å². The Balaban J connectivity index is 2.50. The van der Waals surface area contributed by atoms with Crippen LogP contribution < -0.4 is 5.56 Å². The van der Waals surface area contributed by atoms with Crippen molar-refractivity contribution in [2.75, 3.05) is 0 Å². The molecule has 8 heteroatoms. The molecule has 0 spiro atoms. The molecular formula is C9H9N5O3. The van der Waals surface area contributed by atoms with Crippen LogP contribution in [0, 0.1) is 11.3 Å². The summed E-state index contributed by atoms with van der Waals surface area (Å²) in [5.41, 5.74) is -0.272. The number of fused-ring (bicyclic) bond motifs is 1. The summed E-state index contributed by atoms with van der Waals surface area (Å²) >= 11 is 0. The molecule has 0 aliphatic rings. The average molecular weight is 235 g/mol. The Morgan fingerprint density at radius 1 is 1.53 bits per heavy atom. The smallest absolute Gasteiger partial charge is 0.262 e. The fourth-order valence-electron chi connectivity index (χ4n) is 1.50. The van der Waals surface area contributed by atoms with Crippen molar-refractivity contribution in [3.8, 4) is 6.07 Å². The lowest BCUT2D eigenvalue weighted by molar-refractivity contribution is 0.0198. The zero-order chi connectivity index (χ0) is 12.4. The number of rotatable bonds is 3. The van der Waals surface area contributed by atoms with Gasteiger partial charge in [-0.25, -0.2) is 4.98 Å². The number of aromatic amines is 2. The van der Waals surface area contributed by atoms with E-state index < -0.39 is 17.8 Å². The first kappa shape index (κ1) is 11.3. The maximum Gasteiger partial charge on any atom is 0.262 e. The van der Waals surface area contributed by atoms with Crippen LogP contribution >= 0.6 is 0 Å². The second-order valence-corrected chi connectivity index (χ2v) is 3.44. The Morgan fingerprint density at radius 3 is 3.00 bits per heavy atom. The Labute approximate surface area is 94.6 Å². The average Bonchev–Trinajstić information content (AvgIpc) is 2.73. The standard InChI is InChI=1S/C9H9N5O3/c10-2-1-4(15)7(16)6-5-8(14-13-6)11-3-12-9(5)17/h3-4,7,15-16H,1H2,(H2,11,12,13,14,17). The molecule has 4 N–H and O–H groups in total. The lowest BCUT2D eigenvalue weighted by atomic mass is 10.1. The fraction of sp³-hybridized carbons (Fsp3) is 0.333. The quantitative estimate of drug-likeness (QED) is 0.535. The molecule has 0 aromatic carbocycles. The van der Waals surface area contributed by atoms with E-state index in [0.717, 1.165) is 0 Å². The third-order valence-electron chi connectivity index (χ3n) is 2.35. The van der Waals surface area contributed by atoms with Gasteiger partial charge in [0.05, 0.1) is 30.6 Å². The number of nitrogens with one attached hydrogen (secondary N) is 2. The summed E-state index contributed by atoms with van der Waals surface area (Å²) in [7, 11) is 0. The first-order chi connectivity index (χ1) is 8.15. The fourth-order valence-corrected chi connectivity index (χ4v) is 1.50. The first-order valence-electron chi connectivity index (χ1n) is 4.80. The van der Waals surface area contributed by atoms with E-state index in [4.69, 9.17) is 5.26 Å². The van der Waals surface area contributed by atoms with Crippen molar-refractivity contribution >= 4 is 11.0 Å². The maximum absolute atomic E-state index is 11.5. The van der Waals surface area contributed by atoms with Crippen LogP contribution in [0.4, 0.5) is 0 Å². The molecule has 2 aromatic heterocycles. The summed E-state index contributed by atoms with van der Waals surface area (Å²) in [5, 5.41) is 33.9. The van der Waals surface area contributed by atoms with Gasteiger partial charge in [0.15, 0.2) is 5.65 Å². The van der Waals surface area contributed by atoms with E-state index in [9.17, 15) is 15.0 Å². The van der Waals surface area contributed by atoms with Crippen LogP contribution in [0.5, 0.6) is 0 Å². The van der Waals surface area contributed by atoms with E-state index in [1.54, 1.807) is 6.07 Å². The van der Waals surface area contributed by atoms with Gasteiger partial charge >= 0.3 is 0 Å². The maximum atomic E-state index is 11.5. The van der Waals surface area contributed by atoms with Crippen molar-refractivity contribution in [2.45, 2.75) is 18.6 Å². The van der Waals surface area contributed by atoms with Crippen LogP contribution in [-0.4, -0.2) is 36.5 Å². The summed E-state index contributed by atoms with van der Waals surface area (Å²) in [6, 6.07) is 1.73. The number of nitriles is 1. The lowest BCUT2D eigenvalue weighted by Crippen LogP contribution is -2.20. The highest BCUT2D eigenvalue weighted by molar-refractivity contribution is 5.76. The number of aliphatic hydroxyl groups is 2. The van der Waals surface area contributed by atoms with Gasteiger partial charge in [0.1, 0.15) is 11.5 Å². The molecule has 88 valence electrons. The Kier molecular flexibility index (Phi) is 2.86. The van der Waals surface area contributed by atoms with Crippen molar-refractivity contribution < 1.29 is 10.2 Å². The summed E-state index contributed by atoms with van der Waals surface area (Å²) in [6.45, 7) is 0. The Hall–Kier alpha value is -2.24. The number of aliphatic hydroxyl groups excluding tert-OH is 2. The van der Waals surface area contributed by atoms with Crippen molar-refractivity contribution in [3.05, 3.63) is 22.4 Å². The third-order valence-corrected chi connectivity index (χ3v) is 2.35. The van der Waals surface area contributed by atoms with E-state index in [1.807, 2.05) is 0 Å². The number of hydrogen-bond donors (Lipinski definition) is 4. The predicted molar refractivity (Wildman–Crippen MR) is 55.7 cm³/mol. The van der Waals surface area contributed by atoms with Crippen molar-refractivity contribution in [3.63, 3.8) is 0 Å². The summed E-state index contributed by atoms with van der Waals surface area (Å²) in [5.74, 6) is 0. The largest absolute Gasteiger partial charge is 0.389 e. The normalized spacial score (nSPS) is 14.4. The molecule has 0 fully saturated rings. The highest BCUT2D eigenvalue weighted by Gasteiger charge is 2.24. The molecule has 8 nitrogen and oxygen atoms in total. The summed E-state index contributed by atoms with van der Waals surface area (Å²) in [4.78, 5) is 17.7. The molecular weight excluding hydrogens is 226 g/mol. The van der Waals surface area contributed by atoms with Gasteiger partial charge in [-0.2, -0.15) is 10.4 Å². The minimum absolute atomic E-state index is 0.0529. The van der Waals surface area contributed by atoms with Gasteiger partial charge in [-0.1, -0.05) is 0 Å². The van der Waals surface area contributed by atoms with E-state index in [1.165, 1.54) is 6.33 Å². The predicted octanol–water partition coefficient (Wildman–Crippen LogP) is -1.05. The van der Waals surface area contributed by atoms with E-state index in [0.29, 0.717) is 0 Å². The minimum atomic E-state index is -1.38. The molecule has 2 atom stereocenters. The zero-order valence-corrected chi connectivity index (χ0v) is 8.58. The molecule has 0 amide bonds. The molecule has 2 rings (SSSR count). The molecule has 0 bridgehead atoms. The zero-order valence-electron chi connectivity index (χ0n) is 8.58. The Morgan fingerprint density at radius 2 is 2.29 bits per heavy atom. The van der Waals surface area contributed by atoms with Crippen LogP contribution in [0.3, 0.4) is 0 Å². The molecule has 0 saturated heterocycles. The van der Waals surface area contributed by atoms with Crippen LogP contribution in [0.2, 0.25) is 0 Å². The Bertz CT molecular complexity index is 625. The van der Waals surface area contributed by atoms with Gasteiger partial charge < -0.3 is 15.2 Å². The number of nitrogens with zero attached hydrogens (tertiary/aromatic N) is 3. The van der Waals surface area contributed by atoms with E-state index in [2.05, 4.69) is 20.2 Å². The molecule has 0 aliphatic carbocycles. The molecule has 0 aliphatic heterocycles. The van der Waals surface area contributed by atoms with Gasteiger partial charge in [-0.15, -0.1) is 0 Å². The van der Waals surface area contributed by atoms with Gasteiger partial charge in [-0.05, 0) is 0 Å². The van der Waals surface area contributed by atoms with Gasteiger partial charge in [0.25, 0.3) is 5.56 Å². The van der Waals surface area contributed by atoms with Crippen LogP contribution in [0.15, 0.2) is 11.1 Å².